The number of hydrogen-bond acceptors (Lipinski definition) is 2. The molecule has 80 valence electrons. The third-order valence-electron chi connectivity index (χ3n) is 3.47. The molecule has 0 aromatic heterocycles. The van der Waals surface area contributed by atoms with E-state index in [-0.39, 0.29) is 5.91 Å². The number of carbonyl (C=O) groups is 1. The quantitative estimate of drug-likeness (QED) is 0.683. The van der Waals surface area contributed by atoms with Crippen molar-refractivity contribution in [3.8, 4) is 0 Å². The standard InChI is InChI=1S/C11H20N2O/c1-8-3-9(2)5-10(4-8)13-7-12-6-11(13)14/h8-10,12H,3-7H2,1-2H3. The molecule has 2 aliphatic rings. The van der Waals surface area contributed by atoms with Gasteiger partial charge >= 0.3 is 0 Å². The molecule has 1 heterocycles. The van der Waals surface area contributed by atoms with Crippen LogP contribution < -0.4 is 5.32 Å². The fourth-order valence-electron chi connectivity index (χ4n) is 2.96. The molecular weight excluding hydrogens is 176 g/mol. The van der Waals surface area contributed by atoms with Gasteiger partial charge in [0.15, 0.2) is 0 Å². The molecule has 0 bridgehead atoms. The number of carbonyl (C=O) groups excluding carboxylic acids is 1. The molecule has 1 aliphatic heterocycles. The zero-order chi connectivity index (χ0) is 10.1. The summed E-state index contributed by atoms with van der Waals surface area (Å²) in [6, 6.07) is 0.497. The normalized spacial score (nSPS) is 39.1. The minimum atomic E-state index is 0.288. The van der Waals surface area contributed by atoms with Crippen LogP contribution in [0.3, 0.4) is 0 Å². The van der Waals surface area contributed by atoms with Gasteiger partial charge in [-0.3, -0.25) is 10.1 Å². The Balaban J connectivity index is 1.99. The summed E-state index contributed by atoms with van der Waals surface area (Å²) in [5.74, 6) is 1.84. The molecule has 0 aromatic carbocycles. The first-order valence-electron chi connectivity index (χ1n) is 5.67. The molecule has 0 spiro atoms. The molecule has 2 atom stereocenters. The van der Waals surface area contributed by atoms with Gasteiger partial charge in [0.25, 0.3) is 0 Å². The molecule has 1 saturated carbocycles. The first-order valence-corrected chi connectivity index (χ1v) is 5.67. The molecule has 2 fully saturated rings. The maximum atomic E-state index is 11.6. The molecule has 2 unspecified atom stereocenters. The Hall–Kier alpha value is -0.570. The fraction of sp³-hybridized carbons (Fsp3) is 0.909. The maximum Gasteiger partial charge on any atom is 0.237 e. The highest BCUT2D eigenvalue weighted by Gasteiger charge is 2.32. The van der Waals surface area contributed by atoms with Gasteiger partial charge in [0, 0.05) is 6.04 Å². The molecule has 1 N–H and O–H groups in total. The lowest BCUT2D eigenvalue weighted by Crippen LogP contribution is -2.41. The third kappa shape index (κ3) is 1.92. The van der Waals surface area contributed by atoms with E-state index in [9.17, 15) is 4.79 Å². The smallest absolute Gasteiger partial charge is 0.237 e. The third-order valence-corrected chi connectivity index (χ3v) is 3.47. The highest BCUT2D eigenvalue weighted by molar-refractivity contribution is 5.80. The van der Waals surface area contributed by atoms with Crippen LogP contribution in [0.15, 0.2) is 0 Å². The Bertz CT molecular complexity index is 219. The van der Waals surface area contributed by atoms with Gasteiger partial charge in [-0.15, -0.1) is 0 Å². The molecule has 3 heteroatoms. The zero-order valence-corrected chi connectivity index (χ0v) is 9.12. The van der Waals surface area contributed by atoms with Crippen LogP contribution in [0.4, 0.5) is 0 Å². The lowest BCUT2D eigenvalue weighted by molar-refractivity contribution is -0.129. The summed E-state index contributed by atoms with van der Waals surface area (Å²) in [7, 11) is 0. The van der Waals surface area contributed by atoms with Crippen LogP contribution in [0.25, 0.3) is 0 Å². The van der Waals surface area contributed by atoms with Gasteiger partial charge in [0.05, 0.1) is 13.2 Å². The predicted molar refractivity (Wildman–Crippen MR) is 55.7 cm³/mol. The van der Waals surface area contributed by atoms with Gasteiger partial charge in [0.1, 0.15) is 0 Å². The van der Waals surface area contributed by atoms with Gasteiger partial charge in [0.2, 0.25) is 5.91 Å². The van der Waals surface area contributed by atoms with Crippen LogP contribution >= 0.6 is 0 Å². The van der Waals surface area contributed by atoms with Crippen LogP contribution in [0, 0.1) is 11.8 Å². The van der Waals surface area contributed by atoms with Gasteiger partial charge in [-0.05, 0) is 31.1 Å². The van der Waals surface area contributed by atoms with E-state index in [0.29, 0.717) is 12.6 Å². The second-order valence-corrected chi connectivity index (χ2v) is 5.02. The first kappa shape index (κ1) is 9.97. The zero-order valence-electron chi connectivity index (χ0n) is 9.12. The van der Waals surface area contributed by atoms with Crippen molar-refractivity contribution in [3.05, 3.63) is 0 Å². The molecule has 1 amide bonds. The molecular formula is C11H20N2O. The van der Waals surface area contributed by atoms with E-state index in [1.807, 2.05) is 4.90 Å². The molecule has 1 aliphatic carbocycles. The maximum absolute atomic E-state index is 11.6. The molecule has 1 saturated heterocycles. The highest BCUT2D eigenvalue weighted by Crippen LogP contribution is 2.31. The lowest BCUT2D eigenvalue weighted by atomic mass is 9.80. The molecule has 0 aromatic rings. The number of nitrogens with zero attached hydrogens (tertiary/aromatic N) is 1. The number of hydrogen-bond donors (Lipinski definition) is 1. The average Bonchev–Trinajstić information content (AvgIpc) is 2.49. The summed E-state index contributed by atoms with van der Waals surface area (Å²) < 4.78 is 0. The summed E-state index contributed by atoms with van der Waals surface area (Å²) in [6.45, 7) is 5.91. The fourth-order valence-corrected chi connectivity index (χ4v) is 2.96. The monoisotopic (exact) mass is 196 g/mol. The van der Waals surface area contributed by atoms with Crippen molar-refractivity contribution in [3.63, 3.8) is 0 Å². The van der Waals surface area contributed by atoms with E-state index in [1.165, 1.54) is 19.3 Å². The van der Waals surface area contributed by atoms with Gasteiger partial charge < -0.3 is 4.90 Å². The second-order valence-electron chi connectivity index (χ2n) is 5.02. The van der Waals surface area contributed by atoms with E-state index >= 15 is 0 Å². The van der Waals surface area contributed by atoms with E-state index in [4.69, 9.17) is 0 Å². The SMILES string of the molecule is CC1CC(C)CC(N2CNCC2=O)C1. The van der Waals surface area contributed by atoms with Crippen molar-refractivity contribution < 1.29 is 4.79 Å². The number of nitrogens with one attached hydrogen (secondary N) is 1. The van der Waals surface area contributed by atoms with Crippen LogP contribution in [0.5, 0.6) is 0 Å². The second kappa shape index (κ2) is 3.89. The van der Waals surface area contributed by atoms with Crippen molar-refractivity contribution >= 4 is 5.91 Å². The van der Waals surface area contributed by atoms with Crippen molar-refractivity contribution in [1.29, 1.82) is 0 Å². The lowest BCUT2D eigenvalue weighted by Gasteiger charge is -2.36. The van der Waals surface area contributed by atoms with Crippen molar-refractivity contribution in [2.75, 3.05) is 13.2 Å². The Morgan fingerprint density at radius 2 is 1.86 bits per heavy atom. The van der Waals surface area contributed by atoms with Crippen LogP contribution in [0.2, 0.25) is 0 Å². The Labute approximate surface area is 85.8 Å². The largest absolute Gasteiger partial charge is 0.326 e. The van der Waals surface area contributed by atoms with E-state index in [1.54, 1.807) is 0 Å². The van der Waals surface area contributed by atoms with E-state index in [0.717, 1.165) is 18.5 Å². The topological polar surface area (TPSA) is 32.3 Å². The Kier molecular flexibility index (Phi) is 2.77. The first-order chi connectivity index (χ1) is 6.66. The van der Waals surface area contributed by atoms with Crippen molar-refractivity contribution in [2.24, 2.45) is 11.8 Å². The van der Waals surface area contributed by atoms with E-state index < -0.39 is 0 Å². The Morgan fingerprint density at radius 1 is 1.21 bits per heavy atom. The van der Waals surface area contributed by atoms with Crippen molar-refractivity contribution in [2.45, 2.75) is 39.2 Å². The highest BCUT2D eigenvalue weighted by atomic mass is 16.2. The minimum absolute atomic E-state index is 0.288. The predicted octanol–water partition coefficient (Wildman–Crippen LogP) is 1.20. The van der Waals surface area contributed by atoms with Gasteiger partial charge in [-0.25, -0.2) is 0 Å². The van der Waals surface area contributed by atoms with Gasteiger partial charge in [-0.1, -0.05) is 13.8 Å². The molecule has 14 heavy (non-hydrogen) atoms. The van der Waals surface area contributed by atoms with Crippen molar-refractivity contribution in [1.82, 2.24) is 10.2 Å². The summed E-state index contributed by atoms with van der Waals surface area (Å²) >= 11 is 0. The molecule has 2 rings (SSSR count). The van der Waals surface area contributed by atoms with Crippen LogP contribution in [-0.2, 0) is 4.79 Å². The van der Waals surface area contributed by atoms with Crippen LogP contribution in [-0.4, -0.2) is 30.1 Å². The summed E-state index contributed by atoms with van der Waals surface area (Å²) in [5, 5.41) is 3.13. The van der Waals surface area contributed by atoms with Gasteiger partial charge in [-0.2, -0.15) is 0 Å². The number of amides is 1. The summed E-state index contributed by atoms with van der Waals surface area (Å²) in [5.41, 5.74) is 0. The van der Waals surface area contributed by atoms with Crippen LogP contribution in [0.1, 0.15) is 33.1 Å². The Morgan fingerprint density at radius 3 is 2.36 bits per heavy atom. The number of rotatable bonds is 1. The average molecular weight is 196 g/mol. The summed E-state index contributed by atoms with van der Waals surface area (Å²) in [6.07, 6.45) is 3.71. The molecule has 0 radical (unpaired) electrons. The van der Waals surface area contributed by atoms with E-state index in [2.05, 4.69) is 19.2 Å². The minimum Gasteiger partial charge on any atom is -0.326 e. The molecule has 3 nitrogen and oxygen atoms in total. The summed E-state index contributed by atoms with van der Waals surface area (Å²) in [4.78, 5) is 13.6.